The van der Waals surface area contributed by atoms with Crippen molar-refractivity contribution in [3.05, 3.63) is 93.4 Å². The standard InChI is InChI=1S/C30H30N2O6/c1-29(2)20-11-16(15-38-37)7-9-22(20)31(5)24(29)13-18-26(33)19(27(18)34)14-25-30(3,4)21-12-17(28(35)36)8-10-23(21)32(25)6/h7-14H,15H2,1-6H3,(H2-,33,34,35,36,37). The van der Waals surface area contributed by atoms with Crippen LogP contribution in [0.15, 0.2) is 71.2 Å². The summed E-state index contributed by atoms with van der Waals surface area (Å²) >= 11 is 0. The van der Waals surface area contributed by atoms with Gasteiger partial charge in [0.15, 0.2) is 11.5 Å². The smallest absolute Gasteiger partial charge is 0.335 e. The number of hydrogen-bond acceptors (Lipinski definition) is 6. The van der Waals surface area contributed by atoms with Gasteiger partial charge < -0.3 is 15.1 Å². The van der Waals surface area contributed by atoms with Crippen LogP contribution in [-0.2, 0) is 27.1 Å². The van der Waals surface area contributed by atoms with E-state index in [4.69, 9.17) is 5.26 Å². The maximum absolute atomic E-state index is 13.3. The van der Waals surface area contributed by atoms with E-state index in [2.05, 4.69) is 4.89 Å². The number of nitrogens with zero attached hydrogens (tertiary/aromatic N) is 2. The van der Waals surface area contributed by atoms with Gasteiger partial charge in [-0.2, -0.15) is 4.58 Å². The molecule has 0 fully saturated rings. The molecule has 0 aromatic heterocycles. The van der Waals surface area contributed by atoms with E-state index in [1.807, 2.05) is 69.5 Å². The topological polar surface area (TPSA) is 113 Å². The number of carboxylic acids is 1. The van der Waals surface area contributed by atoms with Crippen LogP contribution in [0.2, 0.25) is 0 Å². The number of Topliss-reactive ketones (excluding diaryl/α,β-unsaturated/α-hetero) is 1. The average molecular weight is 515 g/mol. The van der Waals surface area contributed by atoms with Gasteiger partial charge in [0, 0.05) is 52.7 Å². The zero-order valence-electron chi connectivity index (χ0n) is 22.2. The van der Waals surface area contributed by atoms with Gasteiger partial charge in [-0.15, -0.1) is 0 Å². The Morgan fingerprint density at radius 2 is 1.79 bits per heavy atom. The second kappa shape index (κ2) is 8.51. The molecule has 196 valence electrons. The number of allylic oxidation sites excluding steroid dienone is 5. The Bertz CT molecular complexity index is 1550. The number of carbonyl (C=O) groups excluding carboxylic acids is 1. The van der Waals surface area contributed by atoms with E-state index in [9.17, 15) is 19.8 Å². The van der Waals surface area contributed by atoms with Crippen LogP contribution >= 0.6 is 0 Å². The second-order valence-electron chi connectivity index (χ2n) is 11.1. The Balaban J connectivity index is 1.52. The first-order valence-electron chi connectivity index (χ1n) is 12.3. The van der Waals surface area contributed by atoms with Gasteiger partial charge in [0.25, 0.3) is 0 Å². The van der Waals surface area contributed by atoms with E-state index in [1.54, 1.807) is 30.4 Å². The summed E-state index contributed by atoms with van der Waals surface area (Å²) in [6, 6.07) is 10.7. The molecule has 8 heteroatoms. The van der Waals surface area contributed by atoms with Crippen LogP contribution in [0.25, 0.3) is 0 Å². The molecule has 0 radical (unpaired) electrons. The molecule has 0 saturated heterocycles. The van der Waals surface area contributed by atoms with Gasteiger partial charge in [-0.3, -0.25) is 10.1 Å². The molecule has 8 nitrogen and oxygen atoms in total. The molecular weight excluding hydrogens is 484 g/mol. The Labute approximate surface area is 221 Å². The molecule has 1 aliphatic carbocycles. The zero-order valence-corrected chi connectivity index (χ0v) is 22.2. The second-order valence-corrected chi connectivity index (χ2v) is 11.1. The number of rotatable bonds is 5. The van der Waals surface area contributed by atoms with Crippen molar-refractivity contribution < 1.29 is 34.5 Å². The summed E-state index contributed by atoms with van der Waals surface area (Å²) in [7, 11) is 3.75. The Kier molecular flexibility index (Phi) is 5.74. The molecule has 2 aromatic carbocycles. The van der Waals surface area contributed by atoms with Crippen molar-refractivity contribution in [1.82, 2.24) is 0 Å². The first kappa shape index (κ1) is 25.6. The highest BCUT2D eigenvalue weighted by atomic mass is 17.1. The number of fused-ring (bicyclic) bond motifs is 2. The van der Waals surface area contributed by atoms with Crippen LogP contribution in [-0.4, -0.2) is 46.5 Å². The summed E-state index contributed by atoms with van der Waals surface area (Å²) in [5.41, 5.74) is 5.42. The van der Waals surface area contributed by atoms with Gasteiger partial charge in [-0.1, -0.05) is 31.7 Å². The van der Waals surface area contributed by atoms with Crippen molar-refractivity contribution in [2.75, 3.05) is 19.0 Å². The molecule has 2 heterocycles. The number of aromatic carboxylic acids is 1. The van der Waals surface area contributed by atoms with Crippen molar-refractivity contribution in [3.63, 3.8) is 0 Å². The van der Waals surface area contributed by atoms with Crippen LogP contribution < -0.4 is 10.0 Å². The lowest BCUT2D eigenvalue weighted by molar-refractivity contribution is -0.401. The maximum Gasteiger partial charge on any atom is 0.335 e. The summed E-state index contributed by atoms with van der Waals surface area (Å²) in [6.45, 7) is 8.04. The summed E-state index contributed by atoms with van der Waals surface area (Å²) in [5, 5.41) is 31.5. The summed E-state index contributed by atoms with van der Waals surface area (Å²) in [5.74, 6) is -1.62. The van der Waals surface area contributed by atoms with Gasteiger partial charge in [0.05, 0.1) is 11.0 Å². The zero-order chi connectivity index (χ0) is 27.7. The van der Waals surface area contributed by atoms with E-state index >= 15 is 0 Å². The van der Waals surface area contributed by atoms with Crippen LogP contribution in [0.4, 0.5) is 11.4 Å². The molecule has 0 atom stereocenters. The molecule has 5 rings (SSSR count). The number of hydrogen-bond donors (Lipinski definition) is 2. The summed E-state index contributed by atoms with van der Waals surface area (Å²) < 4.78 is 1.91. The number of ketones is 1. The van der Waals surface area contributed by atoms with Gasteiger partial charge in [-0.05, 0) is 49.2 Å². The van der Waals surface area contributed by atoms with E-state index in [0.29, 0.717) is 0 Å². The Morgan fingerprint density at radius 3 is 2.42 bits per heavy atom. The molecule has 0 bridgehead atoms. The first-order chi connectivity index (χ1) is 17.8. The normalized spacial score (nSPS) is 21.3. The third-order valence-electron chi connectivity index (χ3n) is 8.15. The Morgan fingerprint density at radius 1 is 1.08 bits per heavy atom. The van der Waals surface area contributed by atoms with Crippen LogP contribution in [0.5, 0.6) is 0 Å². The van der Waals surface area contributed by atoms with E-state index in [-0.39, 0.29) is 34.9 Å². The van der Waals surface area contributed by atoms with Crippen molar-refractivity contribution >= 4 is 28.8 Å². The fourth-order valence-electron chi connectivity index (χ4n) is 5.90. The highest BCUT2D eigenvalue weighted by molar-refractivity contribution is 6.24. The van der Waals surface area contributed by atoms with Crippen LogP contribution in [0.3, 0.4) is 0 Å². The minimum absolute atomic E-state index is 0.0692. The van der Waals surface area contributed by atoms with Crippen molar-refractivity contribution in [2.24, 2.45) is 0 Å². The quantitative estimate of drug-likeness (QED) is 0.270. The van der Waals surface area contributed by atoms with E-state index < -0.39 is 16.8 Å². The lowest BCUT2D eigenvalue weighted by Gasteiger charge is -2.32. The lowest BCUT2D eigenvalue weighted by Crippen LogP contribution is -2.34. The third kappa shape index (κ3) is 3.55. The number of likely N-dealkylation sites (N-methyl/N-ethyl adjacent to an activating group) is 1. The molecule has 2 aromatic rings. The minimum atomic E-state index is -1.01. The van der Waals surface area contributed by atoms with Crippen LogP contribution in [0, 0.1) is 0 Å². The minimum Gasteiger partial charge on any atom is -0.871 e. The monoisotopic (exact) mass is 514 g/mol. The average Bonchev–Trinajstić information content (AvgIpc) is 3.18. The Hall–Kier alpha value is -4.01. The van der Waals surface area contributed by atoms with Crippen molar-refractivity contribution in [2.45, 2.75) is 45.1 Å². The van der Waals surface area contributed by atoms with Gasteiger partial charge in [-0.25, -0.2) is 9.68 Å². The largest absolute Gasteiger partial charge is 0.871 e. The highest BCUT2D eigenvalue weighted by Gasteiger charge is 2.45. The third-order valence-corrected chi connectivity index (χ3v) is 8.15. The van der Waals surface area contributed by atoms with Crippen LogP contribution in [0.1, 0.15) is 54.7 Å². The molecular formula is C30H30N2O6. The molecule has 2 N–H and O–H groups in total. The summed E-state index contributed by atoms with van der Waals surface area (Å²) in [4.78, 5) is 31.1. The molecule has 2 aliphatic heterocycles. The maximum atomic E-state index is 13.3. The lowest BCUT2D eigenvalue weighted by atomic mass is 9.77. The van der Waals surface area contributed by atoms with E-state index in [0.717, 1.165) is 39.5 Å². The molecule has 0 spiro atoms. The van der Waals surface area contributed by atoms with E-state index in [1.165, 1.54) is 0 Å². The predicted octanol–water partition coefficient (Wildman–Crippen LogP) is 3.82. The van der Waals surface area contributed by atoms with Gasteiger partial charge >= 0.3 is 5.97 Å². The SMILES string of the molecule is CN1C(=CC2=C([O-])C(=CC3=[N+](C)c4ccc(C(=O)O)cc4C3(C)C)C2=O)C(C)(C)c2cc(COO)ccc21. The highest BCUT2D eigenvalue weighted by Crippen LogP contribution is 2.48. The molecule has 38 heavy (non-hydrogen) atoms. The number of benzene rings is 2. The number of carboxylic acid groups (broad SMARTS) is 1. The van der Waals surface area contributed by atoms with Crippen molar-refractivity contribution in [3.8, 4) is 0 Å². The predicted molar refractivity (Wildman–Crippen MR) is 141 cm³/mol. The molecule has 0 amide bonds. The first-order valence-corrected chi connectivity index (χ1v) is 12.3. The fourth-order valence-corrected chi connectivity index (χ4v) is 5.90. The number of carbonyl (C=O) groups is 2. The molecule has 0 saturated carbocycles. The van der Waals surface area contributed by atoms with Gasteiger partial charge in [0.2, 0.25) is 5.69 Å². The molecule has 3 aliphatic rings. The molecule has 0 unspecified atom stereocenters. The van der Waals surface area contributed by atoms with Gasteiger partial charge in [0.1, 0.15) is 13.7 Å². The fraction of sp³-hybridized carbons (Fsp3) is 0.300. The van der Waals surface area contributed by atoms with Crippen molar-refractivity contribution in [1.29, 1.82) is 0 Å². The number of anilines is 1. The summed E-state index contributed by atoms with van der Waals surface area (Å²) in [6.07, 6.45) is 3.33.